The summed E-state index contributed by atoms with van der Waals surface area (Å²) in [6.07, 6.45) is 2.63. The van der Waals surface area contributed by atoms with E-state index in [2.05, 4.69) is 48.4 Å². The second-order valence-electron chi connectivity index (χ2n) is 6.02. The van der Waals surface area contributed by atoms with Crippen LogP contribution in [0.15, 0.2) is 30.6 Å². The largest absolute Gasteiger partial charge is 0.382 e. The summed E-state index contributed by atoms with van der Waals surface area (Å²) in [5.41, 5.74) is 1.97. The summed E-state index contributed by atoms with van der Waals surface area (Å²) in [6, 6.07) is 8.45. The fourth-order valence-electron chi connectivity index (χ4n) is 2.47. The van der Waals surface area contributed by atoms with E-state index in [0.717, 1.165) is 23.5 Å². The molecule has 0 saturated heterocycles. The van der Waals surface area contributed by atoms with Gasteiger partial charge in [-0.15, -0.1) is 10.2 Å². The first-order chi connectivity index (χ1) is 9.93. The molecule has 114 valence electrons. The van der Waals surface area contributed by atoms with Crippen molar-refractivity contribution in [3.8, 4) is 11.4 Å². The minimum absolute atomic E-state index is 0.147. The molecule has 0 aliphatic rings. The van der Waals surface area contributed by atoms with Crippen LogP contribution in [-0.2, 0) is 11.8 Å². The third kappa shape index (κ3) is 3.82. The molecule has 1 heterocycles. The number of benzene rings is 1. The Hall–Kier alpha value is -1.88. The van der Waals surface area contributed by atoms with Crippen LogP contribution in [0.4, 0.5) is 5.69 Å². The van der Waals surface area contributed by atoms with E-state index in [-0.39, 0.29) is 11.6 Å². The first-order valence-electron chi connectivity index (χ1n) is 7.18. The maximum atomic E-state index is 5.50. The predicted molar refractivity (Wildman–Crippen MR) is 85.2 cm³/mol. The molecule has 21 heavy (non-hydrogen) atoms. The lowest BCUT2D eigenvalue weighted by Crippen LogP contribution is -2.31. The molecule has 0 aliphatic carbocycles. The standard InChI is InChI=1S/C16H24N4O/c1-12(10-16(2,3)21-5)18-14-9-7-6-8-13(14)15-19-17-11-20(15)4/h6-9,11-12,18H,10H2,1-5H3. The summed E-state index contributed by atoms with van der Waals surface area (Å²) >= 11 is 0. The number of hydrogen-bond acceptors (Lipinski definition) is 4. The van der Waals surface area contributed by atoms with Crippen molar-refractivity contribution in [3.63, 3.8) is 0 Å². The van der Waals surface area contributed by atoms with Crippen molar-refractivity contribution in [2.24, 2.45) is 7.05 Å². The molecule has 5 heteroatoms. The van der Waals surface area contributed by atoms with Gasteiger partial charge in [-0.25, -0.2) is 0 Å². The molecule has 0 amide bonds. The molecule has 1 N–H and O–H groups in total. The zero-order chi connectivity index (χ0) is 15.5. The molecule has 1 unspecified atom stereocenters. The Balaban J connectivity index is 2.20. The van der Waals surface area contributed by atoms with Crippen molar-refractivity contribution in [2.75, 3.05) is 12.4 Å². The number of ether oxygens (including phenoxy) is 1. The Labute approximate surface area is 126 Å². The lowest BCUT2D eigenvalue weighted by atomic mass is 9.99. The first-order valence-corrected chi connectivity index (χ1v) is 7.18. The summed E-state index contributed by atoms with van der Waals surface area (Å²) in [6.45, 7) is 6.35. The summed E-state index contributed by atoms with van der Waals surface area (Å²) in [7, 11) is 3.70. The molecule has 0 radical (unpaired) electrons. The maximum absolute atomic E-state index is 5.50. The molecule has 0 spiro atoms. The van der Waals surface area contributed by atoms with E-state index in [9.17, 15) is 0 Å². The number of aryl methyl sites for hydroxylation is 1. The van der Waals surface area contributed by atoms with Crippen molar-refractivity contribution >= 4 is 5.69 Å². The van der Waals surface area contributed by atoms with Crippen molar-refractivity contribution < 1.29 is 4.74 Å². The van der Waals surface area contributed by atoms with Gasteiger partial charge in [-0.05, 0) is 39.3 Å². The summed E-state index contributed by atoms with van der Waals surface area (Å²) in [4.78, 5) is 0. The van der Waals surface area contributed by atoms with Gasteiger partial charge in [-0.2, -0.15) is 0 Å². The molecule has 0 aliphatic heterocycles. The average molecular weight is 288 g/mol. The van der Waals surface area contributed by atoms with Crippen molar-refractivity contribution in [2.45, 2.75) is 38.8 Å². The highest BCUT2D eigenvalue weighted by Crippen LogP contribution is 2.27. The Morgan fingerprint density at radius 2 is 2.05 bits per heavy atom. The second kappa shape index (κ2) is 6.26. The SMILES string of the molecule is COC(C)(C)CC(C)Nc1ccccc1-c1nncn1C. The molecular formula is C16H24N4O. The number of rotatable bonds is 6. The number of nitrogens with zero attached hydrogens (tertiary/aromatic N) is 3. The van der Waals surface area contributed by atoms with E-state index in [1.165, 1.54) is 0 Å². The van der Waals surface area contributed by atoms with Gasteiger partial charge in [0.05, 0.1) is 5.60 Å². The maximum Gasteiger partial charge on any atom is 0.165 e. The number of para-hydroxylation sites is 1. The summed E-state index contributed by atoms with van der Waals surface area (Å²) < 4.78 is 7.42. The van der Waals surface area contributed by atoms with Gasteiger partial charge in [0.15, 0.2) is 5.82 Å². The van der Waals surface area contributed by atoms with Gasteiger partial charge in [-0.1, -0.05) is 12.1 Å². The van der Waals surface area contributed by atoms with Gasteiger partial charge < -0.3 is 14.6 Å². The zero-order valence-electron chi connectivity index (χ0n) is 13.4. The van der Waals surface area contributed by atoms with Gasteiger partial charge in [0.25, 0.3) is 0 Å². The van der Waals surface area contributed by atoms with E-state index in [1.54, 1.807) is 13.4 Å². The predicted octanol–water partition coefficient (Wildman–Crippen LogP) is 3.10. The number of aromatic nitrogens is 3. The average Bonchev–Trinajstić information content (AvgIpc) is 2.85. The van der Waals surface area contributed by atoms with Crippen LogP contribution in [0, 0.1) is 0 Å². The molecule has 5 nitrogen and oxygen atoms in total. The number of nitrogens with one attached hydrogen (secondary N) is 1. The van der Waals surface area contributed by atoms with Crippen molar-refractivity contribution in [1.82, 2.24) is 14.8 Å². The highest BCUT2D eigenvalue weighted by atomic mass is 16.5. The Morgan fingerprint density at radius 1 is 1.33 bits per heavy atom. The molecule has 0 fully saturated rings. The minimum Gasteiger partial charge on any atom is -0.382 e. The lowest BCUT2D eigenvalue weighted by Gasteiger charge is -2.28. The Morgan fingerprint density at radius 3 is 2.67 bits per heavy atom. The van der Waals surface area contributed by atoms with Crippen LogP contribution >= 0.6 is 0 Å². The third-order valence-corrected chi connectivity index (χ3v) is 3.63. The van der Waals surface area contributed by atoms with Gasteiger partial charge in [0.1, 0.15) is 6.33 Å². The molecule has 2 rings (SSSR count). The normalized spacial score (nSPS) is 13.2. The Bertz CT molecular complexity index is 591. The monoisotopic (exact) mass is 288 g/mol. The van der Waals surface area contributed by atoms with Gasteiger partial charge in [0.2, 0.25) is 0 Å². The van der Waals surface area contributed by atoms with E-state index in [1.807, 2.05) is 23.7 Å². The van der Waals surface area contributed by atoms with Crippen LogP contribution in [0.1, 0.15) is 27.2 Å². The van der Waals surface area contributed by atoms with E-state index in [0.29, 0.717) is 0 Å². The van der Waals surface area contributed by atoms with Gasteiger partial charge in [-0.3, -0.25) is 0 Å². The second-order valence-corrected chi connectivity index (χ2v) is 6.02. The van der Waals surface area contributed by atoms with Gasteiger partial charge in [0, 0.05) is 31.5 Å². The highest BCUT2D eigenvalue weighted by Gasteiger charge is 2.21. The van der Waals surface area contributed by atoms with E-state index >= 15 is 0 Å². The fraction of sp³-hybridized carbons (Fsp3) is 0.500. The van der Waals surface area contributed by atoms with Crippen molar-refractivity contribution in [3.05, 3.63) is 30.6 Å². The lowest BCUT2D eigenvalue weighted by molar-refractivity contribution is 0.0128. The highest BCUT2D eigenvalue weighted by molar-refractivity contribution is 5.73. The zero-order valence-corrected chi connectivity index (χ0v) is 13.4. The smallest absolute Gasteiger partial charge is 0.165 e. The Kier molecular flexibility index (Phi) is 4.63. The van der Waals surface area contributed by atoms with E-state index in [4.69, 9.17) is 4.74 Å². The molecule has 1 aromatic carbocycles. The summed E-state index contributed by atoms with van der Waals surface area (Å²) in [5.74, 6) is 0.858. The molecular weight excluding hydrogens is 264 g/mol. The topological polar surface area (TPSA) is 52.0 Å². The molecule has 1 atom stereocenters. The molecule has 0 saturated carbocycles. The summed E-state index contributed by atoms with van der Waals surface area (Å²) in [5, 5.41) is 11.7. The number of hydrogen-bond donors (Lipinski definition) is 1. The fourth-order valence-corrected chi connectivity index (χ4v) is 2.47. The minimum atomic E-state index is -0.147. The van der Waals surface area contributed by atoms with Crippen LogP contribution in [0.2, 0.25) is 0 Å². The van der Waals surface area contributed by atoms with Crippen LogP contribution in [0.25, 0.3) is 11.4 Å². The third-order valence-electron chi connectivity index (χ3n) is 3.63. The van der Waals surface area contributed by atoms with Crippen molar-refractivity contribution in [1.29, 1.82) is 0 Å². The first kappa shape index (κ1) is 15.5. The molecule has 1 aromatic heterocycles. The van der Waals surface area contributed by atoms with Crippen LogP contribution in [0.3, 0.4) is 0 Å². The van der Waals surface area contributed by atoms with Gasteiger partial charge >= 0.3 is 0 Å². The van der Waals surface area contributed by atoms with Crippen LogP contribution in [-0.4, -0.2) is 33.5 Å². The number of methoxy groups -OCH3 is 1. The quantitative estimate of drug-likeness (QED) is 0.887. The molecule has 2 aromatic rings. The molecule has 0 bridgehead atoms. The van der Waals surface area contributed by atoms with Crippen LogP contribution in [0.5, 0.6) is 0 Å². The van der Waals surface area contributed by atoms with Crippen LogP contribution < -0.4 is 5.32 Å². The number of anilines is 1. The van der Waals surface area contributed by atoms with E-state index < -0.39 is 0 Å².